The maximum absolute atomic E-state index is 2.43. The van der Waals surface area contributed by atoms with Crippen molar-refractivity contribution in [2.24, 2.45) is 0 Å². The number of nitrogens with zero attached hydrogens (tertiary/aromatic N) is 1. The van der Waals surface area contributed by atoms with Gasteiger partial charge in [-0.05, 0) is 125 Å². The first-order valence-corrected chi connectivity index (χ1v) is 24.1. The molecule has 0 radical (unpaired) electrons. The molecule has 3 aliphatic rings. The summed E-state index contributed by atoms with van der Waals surface area (Å²) in [6.45, 7) is 0. The zero-order valence-corrected chi connectivity index (χ0v) is 37.9. The van der Waals surface area contributed by atoms with Crippen molar-refractivity contribution < 1.29 is 0 Å². The van der Waals surface area contributed by atoms with Gasteiger partial charge in [0.25, 0.3) is 0 Å². The Kier molecular flexibility index (Phi) is 8.78. The first kappa shape index (κ1) is 39.4. The summed E-state index contributed by atoms with van der Waals surface area (Å²) in [5.41, 5.74) is 25.4. The molecule has 11 aromatic rings. The van der Waals surface area contributed by atoms with Gasteiger partial charge in [0, 0.05) is 16.9 Å². The van der Waals surface area contributed by atoms with Gasteiger partial charge in [-0.15, -0.1) is 0 Å². The van der Waals surface area contributed by atoms with Crippen molar-refractivity contribution in [3.63, 3.8) is 0 Å². The molecule has 0 amide bonds. The van der Waals surface area contributed by atoms with Crippen LogP contribution in [0.2, 0.25) is 0 Å². The first-order chi connectivity index (χ1) is 34.3. The van der Waals surface area contributed by atoms with E-state index in [1.54, 1.807) is 0 Å². The lowest BCUT2D eigenvalue weighted by molar-refractivity contribution is 0.633. The lowest BCUT2D eigenvalue weighted by atomic mass is 9.52. The van der Waals surface area contributed by atoms with Crippen molar-refractivity contribution in [3.8, 4) is 55.6 Å². The molecule has 0 fully saturated rings. The van der Waals surface area contributed by atoms with Crippen LogP contribution < -0.4 is 4.90 Å². The van der Waals surface area contributed by atoms with E-state index < -0.39 is 10.8 Å². The van der Waals surface area contributed by atoms with Gasteiger partial charge in [-0.2, -0.15) is 0 Å². The third kappa shape index (κ3) is 5.53. The normalized spacial score (nSPS) is 13.7. The number of para-hydroxylation sites is 1. The number of anilines is 3. The van der Waals surface area contributed by atoms with Crippen LogP contribution in [0.3, 0.4) is 0 Å². The average molecular weight is 876 g/mol. The molecule has 1 heteroatoms. The van der Waals surface area contributed by atoms with Crippen LogP contribution >= 0.6 is 0 Å². The van der Waals surface area contributed by atoms with Gasteiger partial charge in [0.2, 0.25) is 0 Å². The van der Waals surface area contributed by atoms with Crippen LogP contribution in [0.25, 0.3) is 55.6 Å². The van der Waals surface area contributed by atoms with Crippen molar-refractivity contribution in [2.45, 2.75) is 10.8 Å². The van der Waals surface area contributed by atoms with Crippen LogP contribution in [-0.4, -0.2) is 0 Å². The smallest absolute Gasteiger partial charge is 0.0720 e. The molecule has 0 atom stereocenters. The molecular formula is C68H45N. The van der Waals surface area contributed by atoms with E-state index >= 15 is 0 Å². The predicted molar refractivity (Wildman–Crippen MR) is 286 cm³/mol. The molecule has 0 unspecified atom stereocenters. The van der Waals surface area contributed by atoms with E-state index in [-0.39, 0.29) is 0 Å². The number of fused-ring (bicyclic) bond motifs is 16. The van der Waals surface area contributed by atoms with Gasteiger partial charge >= 0.3 is 0 Å². The SMILES string of the molecule is c1ccc(-c2cccc(N(c3ccc(-c4cccc5c4-c4ccccc4C54c5ccccc5C5(c6ccccc6-c6ccccc65)c5ccccc54)cc3)c3ccccc3-c3ccccc3)c2)cc1. The van der Waals surface area contributed by atoms with Crippen molar-refractivity contribution >= 4 is 17.1 Å². The van der Waals surface area contributed by atoms with Gasteiger partial charge in [-0.3, -0.25) is 0 Å². The fourth-order valence-electron chi connectivity index (χ4n) is 12.7. The maximum Gasteiger partial charge on any atom is 0.0720 e. The molecule has 0 saturated carbocycles. The zero-order chi connectivity index (χ0) is 45.5. The summed E-state index contributed by atoms with van der Waals surface area (Å²) in [6.07, 6.45) is 0. The van der Waals surface area contributed by atoms with E-state index in [1.165, 1.54) is 100 Å². The van der Waals surface area contributed by atoms with Gasteiger partial charge in [-0.25, -0.2) is 0 Å². The fraction of sp³-hybridized carbons (Fsp3) is 0.0294. The minimum atomic E-state index is -0.547. The number of hydrogen-bond acceptors (Lipinski definition) is 1. The standard InChI is InChI=1S/C68H45N/c1-3-21-46(22-4-1)49-25-19-26-51(45-49)69(65-40-18-10-27-52(65)47-23-5-2-6-24-47)50-43-41-48(42-44-50)53-31-20-39-64-66(53)56-30-9-13-34-59(56)68(64)62-37-16-14-35-60(62)67(61-36-15-17-38-63(61)68)57-32-11-7-28-54(57)55-29-8-12-33-58(55)67/h1-45H. The van der Waals surface area contributed by atoms with Gasteiger partial charge in [-0.1, -0.05) is 243 Å². The van der Waals surface area contributed by atoms with Crippen LogP contribution in [0.1, 0.15) is 44.5 Å². The van der Waals surface area contributed by atoms with Crippen LogP contribution in [0.5, 0.6) is 0 Å². The molecule has 0 bridgehead atoms. The zero-order valence-electron chi connectivity index (χ0n) is 37.9. The van der Waals surface area contributed by atoms with E-state index in [0.29, 0.717) is 0 Å². The minimum absolute atomic E-state index is 0.470. The molecule has 0 saturated heterocycles. The van der Waals surface area contributed by atoms with Crippen LogP contribution in [0, 0.1) is 0 Å². The molecule has 0 aromatic heterocycles. The summed E-state index contributed by atoms with van der Waals surface area (Å²) in [6, 6.07) is 102. The van der Waals surface area contributed by atoms with Crippen LogP contribution in [0.15, 0.2) is 273 Å². The molecule has 0 heterocycles. The van der Waals surface area contributed by atoms with E-state index in [4.69, 9.17) is 0 Å². The molecule has 69 heavy (non-hydrogen) atoms. The Balaban J connectivity index is 0.967. The van der Waals surface area contributed by atoms with Gasteiger partial charge < -0.3 is 4.90 Å². The van der Waals surface area contributed by atoms with Crippen molar-refractivity contribution in [1.82, 2.24) is 0 Å². The topological polar surface area (TPSA) is 3.24 Å². The molecule has 322 valence electrons. The molecule has 1 nitrogen and oxygen atoms in total. The summed E-state index contributed by atoms with van der Waals surface area (Å²) in [4.78, 5) is 2.42. The highest BCUT2D eigenvalue weighted by molar-refractivity contribution is 5.99. The van der Waals surface area contributed by atoms with Crippen molar-refractivity contribution in [2.75, 3.05) is 4.90 Å². The minimum Gasteiger partial charge on any atom is -0.310 e. The monoisotopic (exact) mass is 875 g/mol. The predicted octanol–water partition coefficient (Wildman–Crippen LogP) is 17.2. The quantitative estimate of drug-likeness (QED) is 0.161. The average Bonchev–Trinajstić information content (AvgIpc) is 3.90. The molecule has 0 N–H and O–H groups in total. The molecule has 11 aromatic carbocycles. The Hall–Kier alpha value is -8.78. The Labute approximate surface area is 403 Å². The Morgan fingerprint density at radius 3 is 1.20 bits per heavy atom. The number of rotatable bonds is 6. The third-order valence-corrected chi connectivity index (χ3v) is 15.4. The number of benzene rings is 11. The second-order valence-electron chi connectivity index (χ2n) is 18.6. The summed E-state index contributed by atoms with van der Waals surface area (Å²) in [5.74, 6) is 0. The second kappa shape index (κ2) is 15.4. The van der Waals surface area contributed by atoms with E-state index in [1.807, 2.05) is 0 Å². The maximum atomic E-state index is 2.43. The molecule has 3 aliphatic carbocycles. The second-order valence-corrected chi connectivity index (χ2v) is 18.6. The van der Waals surface area contributed by atoms with Gasteiger partial charge in [0.15, 0.2) is 0 Å². The van der Waals surface area contributed by atoms with E-state index in [2.05, 4.69) is 278 Å². The van der Waals surface area contributed by atoms with Crippen LogP contribution in [0.4, 0.5) is 17.1 Å². The van der Waals surface area contributed by atoms with Crippen LogP contribution in [-0.2, 0) is 10.8 Å². The summed E-state index contributed by atoms with van der Waals surface area (Å²) in [5, 5.41) is 0. The Bertz CT molecular complexity index is 3690. The Morgan fingerprint density at radius 2 is 0.609 bits per heavy atom. The summed E-state index contributed by atoms with van der Waals surface area (Å²) in [7, 11) is 0. The third-order valence-electron chi connectivity index (χ3n) is 15.4. The van der Waals surface area contributed by atoms with Crippen molar-refractivity contribution in [3.05, 3.63) is 317 Å². The van der Waals surface area contributed by atoms with Crippen molar-refractivity contribution in [1.29, 1.82) is 0 Å². The van der Waals surface area contributed by atoms with Gasteiger partial charge in [0.05, 0.1) is 16.5 Å². The number of hydrogen-bond donors (Lipinski definition) is 0. The highest BCUT2D eigenvalue weighted by Gasteiger charge is 2.59. The highest BCUT2D eigenvalue weighted by Crippen LogP contribution is 2.68. The largest absolute Gasteiger partial charge is 0.310 e. The van der Waals surface area contributed by atoms with E-state index in [9.17, 15) is 0 Å². The molecule has 0 aliphatic heterocycles. The molecule has 14 rings (SSSR count). The summed E-state index contributed by atoms with van der Waals surface area (Å²) < 4.78 is 0. The molecular weight excluding hydrogens is 831 g/mol. The summed E-state index contributed by atoms with van der Waals surface area (Å²) >= 11 is 0. The first-order valence-electron chi connectivity index (χ1n) is 24.1. The lowest BCUT2D eigenvalue weighted by Gasteiger charge is -2.48. The van der Waals surface area contributed by atoms with Gasteiger partial charge in [0.1, 0.15) is 0 Å². The lowest BCUT2D eigenvalue weighted by Crippen LogP contribution is -2.43. The highest BCUT2D eigenvalue weighted by atomic mass is 15.1. The fourth-order valence-corrected chi connectivity index (χ4v) is 12.7. The van der Waals surface area contributed by atoms with E-state index in [0.717, 1.165) is 17.1 Å². The Morgan fingerprint density at radius 1 is 0.217 bits per heavy atom. The molecule has 2 spiro atoms.